The molecule has 3 rings (SSSR count). The van der Waals surface area contributed by atoms with Crippen molar-refractivity contribution in [3.63, 3.8) is 0 Å². The second-order valence-corrected chi connectivity index (χ2v) is 5.83. The van der Waals surface area contributed by atoms with Crippen molar-refractivity contribution >= 4 is 12.2 Å². The van der Waals surface area contributed by atoms with Crippen LogP contribution in [-0.2, 0) is 0 Å². The topological polar surface area (TPSA) is 74.6 Å². The zero-order valence-corrected chi connectivity index (χ0v) is 14.4. The van der Waals surface area contributed by atoms with E-state index in [1.807, 2.05) is 6.07 Å². The van der Waals surface area contributed by atoms with E-state index in [4.69, 9.17) is 5.26 Å². The lowest BCUT2D eigenvalue weighted by molar-refractivity contribution is -0.274. The highest BCUT2D eigenvalue weighted by Gasteiger charge is 2.31. The Labute approximate surface area is 156 Å². The van der Waals surface area contributed by atoms with Gasteiger partial charge in [-0.3, -0.25) is 0 Å². The number of benzene rings is 2. The van der Waals surface area contributed by atoms with Gasteiger partial charge in [0.15, 0.2) is 5.69 Å². The number of hydrogen-bond acceptors (Lipinski definition) is 4. The van der Waals surface area contributed by atoms with Crippen molar-refractivity contribution in [2.75, 3.05) is 0 Å². The molecule has 0 bridgehead atoms. The summed E-state index contributed by atoms with van der Waals surface area (Å²) in [6.45, 7) is 1.61. The van der Waals surface area contributed by atoms with Gasteiger partial charge in [0, 0.05) is 5.56 Å². The molecular formula is C19H12F4N4O. The summed E-state index contributed by atoms with van der Waals surface area (Å²) >= 11 is 0. The Morgan fingerprint density at radius 1 is 1.11 bits per heavy atom. The minimum absolute atomic E-state index is 0.00764. The summed E-state index contributed by atoms with van der Waals surface area (Å²) in [5, 5.41) is 18.7. The van der Waals surface area contributed by atoms with Crippen LogP contribution in [0.4, 0.5) is 17.6 Å². The van der Waals surface area contributed by atoms with Gasteiger partial charge in [-0.15, -0.1) is 18.3 Å². The van der Waals surface area contributed by atoms with E-state index in [9.17, 15) is 17.6 Å². The molecule has 3 aromatic rings. The SMILES string of the molecule is Cc1cc(/C=C/c2cc(OC(F)(F)F)cc(-c3nn[nH]c3C#N)c2)ccc1F. The van der Waals surface area contributed by atoms with Crippen LogP contribution in [0.15, 0.2) is 36.4 Å². The van der Waals surface area contributed by atoms with Crippen LogP contribution in [0.5, 0.6) is 5.75 Å². The normalized spacial score (nSPS) is 11.6. The molecule has 28 heavy (non-hydrogen) atoms. The Hall–Kier alpha value is -3.67. The fraction of sp³-hybridized carbons (Fsp3) is 0.105. The van der Waals surface area contributed by atoms with Gasteiger partial charge in [-0.25, -0.2) is 9.49 Å². The Bertz CT molecular complexity index is 1080. The third kappa shape index (κ3) is 4.54. The summed E-state index contributed by atoms with van der Waals surface area (Å²) in [6.07, 6.45) is -1.71. The molecule has 0 aliphatic heterocycles. The standard InChI is InChI=1S/C19H12F4N4O/c1-11-6-12(4-5-16(11)20)2-3-13-7-14(18-17(10-24)25-27-26-18)9-15(8-13)28-19(21,22)23/h2-9H,1H3,(H,25,26,27)/b3-2+. The predicted octanol–water partition coefficient (Wildman–Crippen LogP) is 4.86. The minimum Gasteiger partial charge on any atom is -0.406 e. The number of nitrogens with zero attached hydrogens (tertiary/aromatic N) is 3. The first-order valence-electron chi connectivity index (χ1n) is 7.92. The Kier molecular flexibility index (Phi) is 5.13. The molecule has 5 nitrogen and oxygen atoms in total. The number of nitriles is 1. The van der Waals surface area contributed by atoms with Crippen LogP contribution in [0.25, 0.3) is 23.4 Å². The van der Waals surface area contributed by atoms with Crippen LogP contribution < -0.4 is 4.74 Å². The number of ether oxygens (including phenoxy) is 1. The van der Waals surface area contributed by atoms with Crippen LogP contribution in [0, 0.1) is 24.1 Å². The first-order chi connectivity index (χ1) is 13.2. The number of halogens is 4. The first-order valence-corrected chi connectivity index (χ1v) is 7.92. The smallest absolute Gasteiger partial charge is 0.406 e. The fourth-order valence-electron chi connectivity index (χ4n) is 2.52. The predicted molar refractivity (Wildman–Crippen MR) is 93.3 cm³/mol. The first kappa shape index (κ1) is 19.1. The number of hydrogen-bond donors (Lipinski definition) is 1. The lowest BCUT2D eigenvalue weighted by atomic mass is 10.0. The van der Waals surface area contributed by atoms with Gasteiger partial charge in [0.1, 0.15) is 23.3 Å². The molecule has 0 spiro atoms. The molecule has 1 heterocycles. The van der Waals surface area contributed by atoms with E-state index in [1.54, 1.807) is 31.2 Å². The number of aromatic nitrogens is 3. The molecule has 0 fully saturated rings. The Morgan fingerprint density at radius 2 is 1.86 bits per heavy atom. The van der Waals surface area contributed by atoms with E-state index in [0.717, 1.165) is 6.07 Å². The molecule has 2 aromatic carbocycles. The molecule has 0 aliphatic carbocycles. The van der Waals surface area contributed by atoms with E-state index in [-0.39, 0.29) is 22.8 Å². The van der Waals surface area contributed by atoms with Crippen molar-refractivity contribution in [1.82, 2.24) is 15.4 Å². The lowest BCUT2D eigenvalue weighted by Crippen LogP contribution is -2.17. The van der Waals surface area contributed by atoms with Gasteiger partial charge < -0.3 is 4.74 Å². The quantitative estimate of drug-likeness (QED) is 0.512. The van der Waals surface area contributed by atoms with Crippen molar-refractivity contribution in [2.45, 2.75) is 13.3 Å². The maximum absolute atomic E-state index is 13.4. The van der Waals surface area contributed by atoms with E-state index in [1.165, 1.54) is 18.2 Å². The van der Waals surface area contributed by atoms with Crippen molar-refractivity contribution in [1.29, 1.82) is 5.26 Å². The molecule has 0 saturated heterocycles. The van der Waals surface area contributed by atoms with Crippen molar-refractivity contribution in [2.24, 2.45) is 0 Å². The van der Waals surface area contributed by atoms with Crippen LogP contribution in [0.2, 0.25) is 0 Å². The molecule has 0 amide bonds. The number of alkyl halides is 3. The number of rotatable bonds is 4. The minimum atomic E-state index is -4.88. The van der Waals surface area contributed by atoms with Gasteiger partial charge in [0.2, 0.25) is 0 Å². The van der Waals surface area contributed by atoms with Gasteiger partial charge in [0.05, 0.1) is 0 Å². The van der Waals surface area contributed by atoms with E-state index in [0.29, 0.717) is 16.7 Å². The zero-order valence-electron chi connectivity index (χ0n) is 14.4. The summed E-state index contributed by atoms with van der Waals surface area (Å²) in [7, 11) is 0. The third-order valence-electron chi connectivity index (χ3n) is 3.75. The molecule has 1 N–H and O–H groups in total. The van der Waals surface area contributed by atoms with E-state index >= 15 is 0 Å². The molecule has 1 aromatic heterocycles. The third-order valence-corrected chi connectivity index (χ3v) is 3.75. The fourth-order valence-corrected chi connectivity index (χ4v) is 2.52. The lowest BCUT2D eigenvalue weighted by Gasteiger charge is -2.11. The van der Waals surface area contributed by atoms with Gasteiger partial charge in [-0.05, 0) is 53.9 Å². The number of aromatic amines is 1. The van der Waals surface area contributed by atoms with Gasteiger partial charge in [-0.1, -0.05) is 23.4 Å². The Balaban J connectivity index is 2.03. The summed E-state index contributed by atoms with van der Waals surface area (Å²) in [4.78, 5) is 0. The molecule has 0 atom stereocenters. The van der Waals surface area contributed by atoms with Crippen LogP contribution in [0.1, 0.15) is 22.4 Å². The number of nitrogens with one attached hydrogen (secondary N) is 1. The van der Waals surface area contributed by atoms with E-state index < -0.39 is 12.1 Å². The van der Waals surface area contributed by atoms with Crippen LogP contribution in [0.3, 0.4) is 0 Å². The zero-order chi connectivity index (χ0) is 20.3. The summed E-state index contributed by atoms with van der Waals surface area (Å²) in [5.41, 5.74) is 1.81. The van der Waals surface area contributed by atoms with Gasteiger partial charge >= 0.3 is 6.36 Å². The van der Waals surface area contributed by atoms with Crippen LogP contribution in [-0.4, -0.2) is 21.8 Å². The maximum Gasteiger partial charge on any atom is 0.573 e. The second kappa shape index (κ2) is 7.52. The molecule has 142 valence electrons. The highest BCUT2D eigenvalue weighted by molar-refractivity contribution is 5.75. The molecule has 0 radical (unpaired) electrons. The Morgan fingerprint density at radius 3 is 2.54 bits per heavy atom. The molecule has 9 heteroatoms. The maximum atomic E-state index is 13.4. The summed E-state index contributed by atoms with van der Waals surface area (Å²) in [6, 6.07) is 10.1. The molecule has 0 aliphatic rings. The van der Waals surface area contributed by atoms with Crippen molar-refractivity contribution < 1.29 is 22.3 Å². The molecule has 0 saturated carbocycles. The highest BCUT2D eigenvalue weighted by atomic mass is 19.4. The number of aryl methyl sites for hydroxylation is 1. The van der Waals surface area contributed by atoms with Gasteiger partial charge in [0.25, 0.3) is 0 Å². The number of H-pyrrole nitrogens is 1. The monoisotopic (exact) mass is 388 g/mol. The summed E-state index contributed by atoms with van der Waals surface area (Å²) < 4.78 is 55.4. The van der Waals surface area contributed by atoms with Crippen molar-refractivity contribution in [3.05, 3.63) is 64.6 Å². The molecule has 0 unspecified atom stereocenters. The highest BCUT2D eigenvalue weighted by Crippen LogP contribution is 2.30. The van der Waals surface area contributed by atoms with E-state index in [2.05, 4.69) is 20.1 Å². The second-order valence-electron chi connectivity index (χ2n) is 5.83. The summed E-state index contributed by atoms with van der Waals surface area (Å²) in [5.74, 6) is -0.818. The molecular weight excluding hydrogens is 376 g/mol. The largest absolute Gasteiger partial charge is 0.573 e. The van der Waals surface area contributed by atoms with Crippen molar-refractivity contribution in [3.8, 4) is 23.1 Å². The average molecular weight is 388 g/mol. The van der Waals surface area contributed by atoms with Gasteiger partial charge in [-0.2, -0.15) is 5.26 Å². The average Bonchev–Trinajstić information content (AvgIpc) is 3.10. The van der Waals surface area contributed by atoms with Crippen LogP contribution >= 0.6 is 0 Å².